The van der Waals surface area contributed by atoms with E-state index in [2.05, 4.69) is 10.1 Å². The van der Waals surface area contributed by atoms with Crippen molar-refractivity contribution in [2.45, 2.75) is 38.2 Å². The number of hydrogen-bond acceptors (Lipinski definition) is 6. The minimum Gasteiger partial charge on any atom is -0.397 e. The zero-order chi connectivity index (χ0) is 13.3. The first-order valence-electron chi connectivity index (χ1n) is 6.57. The topological polar surface area (TPSA) is 74.2 Å². The molecule has 1 fully saturated rings. The van der Waals surface area contributed by atoms with Crippen LogP contribution in [0, 0.1) is 0 Å². The molecule has 0 aliphatic heterocycles. The number of anilines is 1. The second kappa shape index (κ2) is 4.94. The standard InChI is InChI=1S/C13H17N3O2S/c1-2-17-13(6-3-4-7-13)12-15-11(18-16-12)10-9(14)5-8-19-10/h5,8H,2-4,6-7,14H2,1H3. The summed E-state index contributed by atoms with van der Waals surface area (Å²) < 4.78 is 11.3. The Hall–Kier alpha value is -1.40. The average molecular weight is 279 g/mol. The molecule has 5 nitrogen and oxygen atoms in total. The molecule has 6 heteroatoms. The van der Waals surface area contributed by atoms with E-state index in [1.165, 1.54) is 11.3 Å². The van der Waals surface area contributed by atoms with Crippen LogP contribution in [0.15, 0.2) is 16.0 Å². The molecule has 1 aliphatic rings. The first-order chi connectivity index (χ1) is 9.25. The van der Waals surface area contributed by atoms with Crippen molar-refractivity contribution in [3.63, 3.8) is 0 Å². The van der Waals surface area contributed by atoms with E-state index >= 15 is 0 Å². The van der Waals surface area contributed by atoms with E-state index in [0.717, 1.165) is 30.6 Å². The monoisotopic (exact) mass is 279 g/mol. The molecule has 0 aromatic carbocycles. The van der Waals surface area contributed by atoms with Gasteiger partial charge in [-0.3, -0.25) is 0 Å². The van der Waals surface area contributed by atoms with Crippen molar-refractivity contribution >= 4 is 17.0 Å². The summed E-state index contributed by atoms with van der Waals surface area (Å²) in [6.07, 6.45) is 4.20. The fourth-order valence-corrected chi connectivity index (χ4v) is 3.39. The lowest BCUT2D eigenvalue weighted by molar-refractivity contribution is -0.0469. The Morgan fingerprint density at radius 2 is 2.26 bits per heavy atom. The van der Waals surface area contributed by atoms with E-state index in [4.69, 9.17) is 15.0 Å². The highest BCUT2D eigenvalue weighted by atomic mass is 32.1. The van der Waals surface area contributed by atoms with Crippen LogP contribution in [0.2, 0.25) is 0 Å². The van der Waals surface area contributed by atoms with Crippen molar-refractivity contribution in [2.24, 2.45) is 0 Å². The summed E-state index contributed by atoms with van der Waals surface area (Å²) in [6, 6.07) is 1.84. The molecule has 0 atom stereocenters. The van der Waals surface area contributed by atoms with Gasteiger partial charge in [0.15, 0.2) is 0 Å². The summed E-state index contributed by atoms with van der Waals surface area (Å²) in [7, 11) is 0. The van der Waals surface area contributed by atoms with Crippen LogP contribution < -0.4 is 5.73 Å². The number of ether oxygens (including phenoxy) is 1. The summed E-state index contributed by atoms with van der Waals surface area (Å²) in [5.41, 5.74) is 6.20. The van der Waals surface area contributed by atoms with Gasteiger partial charge in [-0.25, -0.2) is 0 Å². The highest BCUT2D eigenvalue weighted by Gasteiger charge is 2.41. The Bertz CT molecular complexity index is 558. The quantitative estimate of drug-likeness (QED) is 0.930. The smallest absolute Gasteiger partial charge is 0.270 e. The Balaban J connectivity index is 1.94. The maximum absolute atomic E-state index is 5.92. The molecule has 0 saturated heterocycles. The van der Waals surface area contributed by atoms with Crippen molar-refractivity contribution in [1.29, 1.82) is 0 Å². The number of aromatic nitrogens is 2. The van der Waals surface area contributed by atoms with Crippen LogP contribution in [0.1, 0.15) is 38.4 Å². The fourth-order valence-electron chi connectivity index (χ4n) is 2.65. The highest BCUT2D eigenvalue weighted by Crippen LogP contribution is 2.41. The molecule has 2 N–H and O–H groups in total. The number of hydrogen-bond donors (Lipinski definition) is 1. The summed E-state index contributed by atoms with van der Waals surface area (Å²) in [4.78, 5) is 5.35. The maximum atomic E-state index is 5.92. The predicted molar refractivity (Wildman–Crippen MR) is 73.8 cm³/mol. The molecule has 0 bridgehead atoms. The second-order valence-electron chi connectivity index (χ2n) is 4.76. The SMILES string of the molecule is CCOC1(c2noc(-c3sccc3N)n2)CCCC1. The minimum atomic E-state index is -0.359. The van der Waals surface area contributed by atoms with Crippen LogP contribution in [0.25, 0.3) is 10.8 Å². The first kappa shape index (κ1) is 12.6. The van der Waals surface area contributed by atoms with Gasteiger partial charge in [0.2, 0.25) is 5.82 Å². The highest BCUT2D eigenvalue weighted by molar-refractivity contribution is 7.14. The van der Waals surface area contributed by atoms with Crippen LogP contribution in [-0.2, 0) is 10.3 Å². The molecule has 3 rings (SSSR count). The van der Waals surface area contributed by atoms with Gasteiger partial charge in [0.1, 0.15) is 10.5 Å². The maximum Gasteiger partial charge on any atom is 0.270 e. The molecular formula is C13H17N3O2S. The van der Waals surface area contributed by atoms with Crippen molar-refractivity contribution in [1.82, 2.24) is 10.1 Å². The van der Waals surface area contributed by atoms with Crippen LogP contribution >= 0.6 is 11.3 Å². The van der Waals surface area contributed by atoms with Gasteiger partial charge in [0.05, 0.1) is 5.69 Å². The molecule has 0 unspecified atom stereocenters. The number of nitrogen functional groups attached to an aromatic ring is 1. The average Bonchev–Trinajstić information content (AvgIpc) is 3.08. The summed E-state index contributed by atoms with van der Waals surface area (Å²) >= 11 is 1.51. The summed E-state index contributed by atoms with van der Waals surface area (Å²) in [5, 5.41) is 6.05. The van der Waals surface area contributed by atoms with E-state index in [1.807, 2.05) is 18.4 Å². The zero-order valence-corrected chi connectivity index (χ0v) is 11.7. The summed E-state index contributed by atoms with van der Waals surface area (Å²) in [6.45, 7) is 2.66. The van der Waals surface area contributed by atoms with Gasteiger partial charge in [0.25, 0.3) is 5.89 Å². The largest absolute Gasteiger partial charge is 0.397 e. The lowest BCUT2D eigenvalue weighted by Gasteiger charge is -2.24. The number of thiophene rings is 1. The van der Waals surface area contributed by atoms with Crippen molar-refractivity contribution < 1.29 is 9.26 Å². The van der Waals surface area contributed by atoms with Gasteiger partial charge in [0, 0.05) is 6.61 Å². The zero-order valence-electron chi connectivity index (χ0n) is 10.9. The van der Waals surface area contributed by atoms with Crippen LogP contribution in [-0.4, -0.2) is 16.7 Å². The Kier molecular flexibility index (Phi) is 3.28. The molecule has 2 aromatic rings. The molecule has 1 aliphatic carbocycles. The van der Waals surface area contributed by atoms with Gasteiger partial charge in [-0.1, -0.05) is 5.16 Å². The minimum absolute atomic E-state index is 0.359. The molecule has 1 saturated carbocycles. The number of rotatable bonds is 4. The van der Waals surface area contributed by atoms with Gasteiger partial charge in [-0.05, 0) is 44.1 Å². The Morgan fingerprint density at radius 3 is 2.89 bits per heavy atom. The van der Waals surface area contributed by atoms with Crippen molar-refractivity contribution in [3.05, 3.63) is 17.3 Å². The lowest BCUT2D eigenvalue weighted by atomic mass is 10.0. The molecule has 0 radical (unpaired) electrons. The van der Waals surface area contributed by atoms with E-state index in [9.17, 15) is 0 Å². The van der Waals surface area contributed by atoms with E-state index in [1.54, 1.807) is 0 Å². The van der Waals surface area contributed by atoms with E-state index in [-0.39, 0.29) is 5.60 Å². The van der Waals surface area contributed by atoms with Gasteiger partial charge >= 0.3 is 0 Å². The molecule has 102 valence electrons. The molecule has 0 spiro atoms. The van der Waals surface area contributed by atoms with Crippen molar-refractivity contribution in [3.8, 4) is 10.8 Å². The van der Waals surface area contributed by atoms with Crippen LogP contribution in [0.4, 0.5) is 5.69 Å². The number of nitrogens with zero attached hydrogens (tertiary/aromatic N) is 2. The third kappa shape index (κ3) is 2.15. The van der Waals surface area contributed by atoms with Crippen LogP contribution in [0.5, 0.6) is 0 Å². The lowest BCUT2D eigenvalue weighted by Crippen LogP contribution is -2.27. The molecule has 2 aromatic heterocycles. The second-order valence-corrected chi connectivity index (χ2v) is 5.68. The third-order valence-corrected chi connectivity index (χ3v) is 4.47. The first-order valence-corrected chi connectivity index (χ1v) is 7.44. The Morgan fingerprint density at radius 1 is 1.47 bits per heavy atom. The van der Waals surface area contributed by atoms with Gasteiger partial charge in [-0.15, -0.1) is 11.3 Å². The van der Waals surface area contributed by atoms with Crippen molar-refractivity contribution in [2.75, 3.05) is 12.3 Å². The van der Waals surface area contributed by atoms with Gasteiger partial charge in [-0.2, -0.15) is 4.98 Å². The molecule has 0 amide bonds. The summed E-state index contributed by atoms with van der Waals surface area (Å²) in [5.74, 6) is 1.16. The fraction of sp³-hybridized carbons (Fsp3) is 0.538. The third-order valence-electron chi connectivity index (χ3n) is 3.56. The van der Waals surface area contributed by atoms with E-state index in [0.29, 0.717) is 24.0 Å². The van der Waals surface area contributed by atoms with E-state index < -0.39 is 0 Å². The molecular weight excluding hydrogens is 262 g/mol. The normalized spacial score (nSPS) is 17.9. The number of nitrogens with two attached hydrogens (primary N) is 1. The van der Waals surface area contributed by atoms with Crippen LogP contribution in [0.3, 0.4) is 0 Å². The predicted octanol–water partition coefficient (Wildman–Crippen LogP) is 3.19. The van der Waals surface area contributed by atoms with Gasteiger partial charge < -0.3 is 15.0 Å². The molecule has 19 heavy (non-hydrogen) atoms. The molecule has 2 heterocycles. The Labute approximate surface area is 115 Å².